The fourth-order valence-electron chi connectivity index (χ4n) is 3.98. The summed E-state index contributed by atoms with van der Waals surface area (Å²) in [4.78, 5) is 3.25. The third-order valence-electron chi connectivity index (χ3n) is 5.55. The predicted molar refractivity (Wildman–Crippen MR) is 118 cm³/mol. The predicted octanol–water partition coefficient (Wildman–Crippen LogP) is 0.525. The van der Waals surface area contributed by atoms with Crippen LogP contribution in [0.5, 0.6) is 5.75 Å². The zero-order chi connectivity index (χ0) is 19.9. The molecule has 0 unspecified atom stereocenters. The van der Waals surface area contributed by atoms with Crippen molar-refractivity contribution in [2.45, 2.75) is 19.0 Å². The highest BCUT2D eigenvalue weighted by Crippen LogP contribution is 2.16. The fraction of sp³-hybridized carbons (Fsp3) is 0.409. The maximum Gasteiger partial charge on any atom is 0.171 e. The second kappa shape index (κ2) is 9.87. The van der Waals surface area contributed by atoms with Crippen LogP contribution in [0.4, 0.5) is 5.69 Å². The van der Waals surface area contributed by atoms with Crippen molar-refractivity contribution < 1.29 is 14.5 Å². The summed E-state index contributed by atoms with van der Waals surface area (Å²) in [6.07, 6.45) is 0. The lowest BCUT2D eigenvalue weighted by atomic mass is 9.98. The van der Waals surface area contributed by atoms with Gasteiger partial charge in [0.2, 0.25) is 0 Å². The fourth-order valence-corrected chi connectivity index (χ4v) is 4.28. The molecule has 28 heavy (non-hydrogen) atoms. The molecule has 5 nitrogen and oxygen atoms in total. The Hall–Kier alpha value is -2.15. The number of hydrogen-bond acceptors (Lipinski definition) is 2. The van der Waals surface area contributed by atoms with Crippen molar-refractivity contribution in [3.05, 3.63) is 60.2 Å². The van der Waals surface area contributed by atoms with Gasteiger partial charge in [-0.15, -0.1) is 0 Å². The molecular formula is C22H32N4OS+2. The highest BCUT2D eigenvalue weighted by molar-refractivity contribution is 7.80. The Bertz CT molecular complexity index is 745. The maximum atomic E-state index is 5.60. The van der Waals surface area contributed by atoms with Crippen LogP contribution >= 0.6 is 12.2 Å². The van der Waals surface area contributed by atoms with E-state index in [9.17, 15) is 0 Å². The summed E-state index contributed by atoms with van der Waals surface area (Å²) in [6, 6.07) is 19.2. The standard InChI is InChI=1S/C22H30N4OS/c1-17(23-22(28)24-19-9-11-20(27-3)12-10-19)21(18-7-5-4-6-8-18)26-15-13-25(2)14-16-26/h4-12,17,21H,13-16H2,1-3H3,(H2,23,24,28)/p+2/t17-,21-/m0/s1. The maximum absolute atomic E-state index is 5.60. The van der Waals surface area contributed by atoms with E-state index < -0.39 is 0 Å². The van der Waals surface area contributed by atoms with E-state index in [1.54, 1.807) is 16.9 Å². The molecule has 2 atom stereocenters. The summed E-state index contributed by atoms with van der Waals surface area (Å²) in [7, 11) is 3.95. The average molecular weight is 401 g/mol. The Kier molecular flexibility index (Phi) is 7.25. The second-order valence-corrected chi connectivity index (χ2v) is 8.03. The molecule has 0 saturated carbocycles. The van der Waals surface area contributed by atoms with Crippen LogP contribution in [0.15, 0.2) is 54.6 Å². The number of hydrogen-bond donors (Lipinski definition) is 4. The molecule has 0 spiro atoms. The van der Waals surface area contributed by atoms with Crippen molar-refractivity contribution in [1.29, 1.82) is 0 Å². The number of ether oxygens (including phenoxy) is 1. The molecule has 4 N–H and O–H groups in total. The first-order chi connectivity index (χ1) is 13.6. The van der Waals surface area contributed by atoms with Crippen LogP contribution in [0.2, 0.25) is 0 Å². The number of methoxy groups -OCH3 is 1. The van der Waals surface area contributed by atoms with Crippen molar-refractivity contribution in [2.24, 2.45) is 0 Å². The Morgan fingerprint density at radius 3 is 2.25 bits per heavy atom. The summed E-state index contributed by atoms with van der Waals surface area (Å²) >= 11 is 5.60. The molecule has 1 aliphatic heterocycles. The van der Waals surface area contributed by atoms with Crippen molar-refractivity contribution in [2.75, 3.05) is 45.7 Å². The van der Waals surface area contributed by atoms with Crippen LogP contribution in [-0.2, 0) is 0 Å². The van der Waals surface area contributed by atoms with Gasteiger partial charge in [-0.3, -0.25) is 0 Å². The van der Waals surface area contributed by atoms with E-state index in [4.69, 9.17) is 17.0 Å². The van der Waals surface area contributed by atoms with Gasteiger partial charge >= 0.3 is 0 Å². The molecule has 3 rings (SSSR count). The van der Waals surface area contributed by atoms with E-state index in [1.807, 2.05) is 24.3 Å². The highest BCUT2D eigenvalue weighted by atomic mass is 32.1. The van der Waals surface area contributed by atoms with Crippen LogP contribution in [0, 0.1) is 0 Å². The summed E-state index contributed by atoms with van der Waals surface area (Å²) in [5.41, 5.74) is 2.32. The van der Waals surface area contributed by atoms with E-state index in [-0.39, 0.29) is 6.04 Å². The molecule has 0 aliphatic carbocycles. The van der Waals surface area contributed by atoms with Crippen molar-refractivity contribution >= 4 is 23.0 Å². The van der Waals surface area contributed by atoms with Gasteiger partial charge in [0, 0.05) is 11.3 Å². The zero-order valence-electron chi connectivity index (χ0n) is 17.0. The van der Waals surface area contributed by atoms with Crippen LogP contribution < -0.4 is 25.2 Å². The Morgan fingerprint density at radius 1 is 1.00 bits per heavy atom. The molecule has 1 fully saturated rings. The minimum atomic E-state index is 0.217. The molecule has 0 aromatic heterocycles. The third-order valence-corrected chi connectivity index (χ3v) is 5.77. The normalized spacial score (nSPS) is 21.4. The molecule has 0 radical (unpaired) electrons. The molecule has 0 bridgehead atoms. The van der Waals surface area contributed by atoms with E-state index >= 15 is 0 Å². The van der Waals surface area contributed by atoms with Crippen LogP contribution in [0.3, 0.4) is 0 Å². The number of benzene rings is 2. The van der Waals surface area contributed by atoms with Gasteiger partial charge in [0.05, 0.1) is 20.2 Å². The Balaban J connectivity index is 1.67. The Morgan fingerprint density at radius 2 is 1.64 bits per heavy atom. The molecule has 2 aromatic rings. The van der Waals surface area contributed by atoms with Gasteiger partial charge in [-0.2, -0.15) is 0 Å². The van der Waals surface area contributed by atoms with Crippen molar-refractivity contribution in [3.8, 4) is 5.75 Å². The smallest absolute Gasteiger partial charge is 0.171 e. The number of rotatable bonds is 6. The quantitative estimate of drug-likeness (QED) is 0.534. The summed E-state index contributed by atoms with van der Waals surface area (Å²) in [5.74, 6) is 0.836. The van der Waals surface area contributed by atoms with E-state index in [0.717, 1.165) is 11.4 Å². The molecule has 1 heterocycles. The van der Waals surface area contributed by atoms with Gasteiger partial charge < -0.3 is 25.2 Å². The molecule has 1 saturated heterocycles. The van der Waals surface area contributed by atoms with Crippen molar-refractivity contribution in [3.63, 3.8) is 0 Å². The lowest BCUT2D eigenvalue weighted by molar-refractivity contribution is -1.02. The van der Waals surface area contributed by atoms with Gasteiger partial charge in [-0.25, -0.2) is 0 Å². The van der Waals surface area contributed by atoms with E-state index in [1.165, 1.54) is 31.7 Å². The molecule has 150 valence electrons. The number of thiocarbonyl (C=S) groups is 1. The van der Waals surface area contributed by atoms with Crippen molar-refractivity contribution in [1.82, 2.24) is 5.32 Å². The molecular weight excluding hydrogens is 368 g/mol. The topological polar surface area (TPSA) is 42.2 Å². The van der Waals surface area contributed by atoms with Crippen LogP contribution in [0.1, 0.15) is 18.5 Å². The van der Waals surface area contributed by atoms with Gasteiger partial charge in [-0.05, 0) is 43.4 Å². The van der Waals surface area contributed by atoms with Gasteiger partial charge in [0.15, 0.2) is 5.11 Å². The summed E-state index contributed by atoms with van der Waals surface area (Å²) in [6.45, 7) is 7.00. The minimum Gasteiger partial charge on any atom is -0.497 e. The molecule has 2 aromatic carbocycles. The minimum absolute atomic E-state index is 0.217. The molecule has 0 amide bonds. The second-order valence-electron chi connectivity index (χ2n) is 7.62. The zero-order valence-corrected chi connectivity index (χ0v) is 17.8. The molecule has 6 heteroatoms. The number of nitrogens with one attached hydrogen (secondary N) is 4. The summed E-state index contributed by atoms with van der Waals surface area (Å²) < 4.78 is 5.21. The summed E-state index contributed by atoms with van der Waals surface area (Å²) in [5, 5.41) is 7.47. The monoisotopic (exact) mass is 400 g/mol. The van der Waals surface area contributed by atoms with Gasteiger partial charge in [0.25, 0.3) is 0 Å². The van der Waals surface area contributed by atoms with E-state index in [0.29, 0.717) is 11.2 Å². The number of piperazine rings is 1. The van der Waals surface area contributed by atoms with Crippen LogP contribution in [-0.4, -0.2) is 51.5 Å². The molecule has 1 aliphatic rings. The number of quaternary nitrogens is 2. The lowest BCUT2D eigenvalue weighted by Crippen LogP contribution is -3.27. The van der Waals surface area contributed by atoms with E-state index in [2.05, 4.69) is 54.9 Å². The number of anilines is 1. The largest absolute Gasteiger partial charge is 0.497 e. The first-order valence-corrected chi connectivity index (χ1v) is 10.4. The van der Waals surface area contributed by atoms with Gasteiger partial charge in [-0.1, -0.05) is 30.3 Å². The van der Waals surface area contributed by atoms with Crippen LogP contribution in [0.25, 0.3) is 0 Å². The number of likely N-dealkylation sites (N-methyl/N-ethyl adjacent to an activating group) is 1. The first-order valence-electron chi connectivity index (χ1n) is 9.99. The SMILES string of the molecule is COc1ccc(NC(=S)N[C@@H](C)[C@@H](c2ccccc2)[NH+]2CC[NH+](C)CC2)cc1. The first kappa shape index (κ1) is 20.6. The highest BCUT2D eigenvalue weighted by Gasteiger charge is 2.33. The Labute approximate surface area is 173 Å². The van der Waals surface area contributed by atoms with Gasteiger partial charge in [0.1, 0.15) is 38.0 Å². The average Bonchev–Trinajstić information content (AvgIpc) is 2.71. The third kappa shape index (κ3) is 5.44. The lowest BCUT2D eigenvalue weighted by Gasteiger charge is -2.37.